The highest BCUT2D eigenvalue weighted by atomic mass is 32.1. The molecule has 3 nitrogen and oxygen atoms in total. The maximum Gasteiger partial charge on any atom is 0.219 e. The SMILES string of the molecule is CCc1c(CCN2CCC(c3csc4cc(C)ccc34)CC2)sc2c1CCN(C(C)=O)C2. The topological polar surface area (TPSA) is 23.6 Å². The molecule has 170 valence electrons. The van der Waals surface area contributed by atoms with Crippen LogP contribution in [0.4, 0.5) is 0 Å². The number of aryl methyl sites for hydroxylation is 1. The average molecular weight is 467 g/mol. The van der Waals surface area contributed by atoms with Gasteiger partial charge in [-0.1, -0.05) is 19.1 Å². The van der Waals surface area contributed by atoms with E-state index in [4.69, 9.17) is 0 Å². The van der Waals surface area contributed by atoms with E-state index in [9.17, 15) is 4.79 Å². The van der Waals surface area contributed by atoms with Crippen molar-refractivity contribution in [3.05, 3.63) is 55.6 Å². The van der Waals surface area contributed by atoms with Crippen LogP contribution in [-0.4, -0.2) is 41.9 Å². The Bertz CT molecular complexity index is 1120. The number of rotatable bonds is 5. The van der Waals surface area contributed by atoms with Crippen molar-refractivity contribution in [2.75, 3.05) is 26.2 Å². The lowest BCUT2D eigenvalue weighted by atomic mass is 9.89. The molecule has 32 heavy (non-hydrogen) atoms. The van der Waals surface area contributed by atoms with Crippen LogP contribution in [0.25, 0.3) is 10.1 Å². The maximum atomic E-state index is 11.8. The highest BCUT2D eigenvalue weighted by molar-refractivity contribution is 7.17. The molecule has 1 saturated heterocycles. The molecule has 0 unspecified atom stereocenters. The number of amides is 1. The Kier molecular flexibility index (Phi) is 6.42. The first-order valence-electron chi connectivity index (χ1n) is 12.1. The van der Waals surface area contributed by atoms with Crippen molar-refractivity contribution in [2.24, 2.45) is 0 Å². The summed E-state index contributed by atoms with van der Waals surface area (Å²) in [5, 5.41) is 3.90. The van der Waals surface area contributed by atoms with Crippen molar-refractivity contribution >= 4 is 38.7 Å². The Morgan fingerprint density at radius 3 is 2.75 bits per heavy atom. The molecule has 5 heteroatoms. The summed E-state index contributed by atoms with van der Waals surface area (Å²) in [7, 11) is 0. The number of thiophene rings is 2. The molecule has 0 N–H and O–H groups in total. The molecule has 3 aromatic rings. The van der Waals surface area contributed by atoms with Crippen molar-refractivity contribution < 1.29 is 4.79 Å². The van der Waals surface area contributed by atoms with Crippen LogP contribution in [0.1, 0.15) is 64.6 Å². The van der Waals surface area contributed by atoms with Crippen LogP contribution in [0, 0.1) is 6.92 Å². The molecule has 1 fully saturated rings. The van der Waals surface area contributed by atoms with Gasteiger partial charge in [0.15, 0.2) is 0 Å². The van der Waals surface area contributed by atoms with Crippen molar-refractivity contribution in [1.82, 2.24) is 9.80 Å². The van der Waals surface area contributed by atoms with Gasteiger partial charge in [-0.15, -0.1) is 22.7 Å². The Labute approximate surface area is 200 Å². The van der Waals surface area contributed by atoms with E-state index in [1.54, 1.807) is 28.5 Å². The second-order valence-electron chi connectivity index (χ2n) is 9.51. The second kappa shape index (κ2) is 9.28. The van der Waals surface area contributed by atoms with Gasteiger partial charge in [-0.3, -0.25) is 4.79 Å². The lowest BCUT2D eigenvalue weighted by Gasteiger charge is -2.32. The Morgan fingerprint density at radius 2 is 2.00 bits per heavy atom. The van der Waals surface area contributed by atoms with Crippen LogP contribution in [-0.2, 0) is 30.6 Å². The summed E-state index contributed by atoms with van der Waals surface area (Å²) in [5.41, 5.74) is 6.08. The fraction of sp³-hybridized carbons (Fsp3) is 0.519. The van der Waals surface area contributed by atoms with Gasteiger partial charge in [0.05, 0.1) is 6.54 Å². The molecule has 4 heterocycles. The lowest BCUT2D eigenvalue weighted by Crippen LogP contribution is -2.34. The molecule has 2 aromatic heterocycles. The lowest BCUT2D eigenvalue weighted by molar-refractivity contribution is -0.129. The van der Waals surface area contributed by atoms with Crippen LogP contribution in [0.3, 0.4) is 0 Å². The second-order valence-corrected chi connectivity index (χ2v) is 11.6. The normalized spacial score (nSPS) is 17.8. The quantitative estimate of drug-likeness (QED) is 0.449. The van der Waals surface area contributed by atoms with E-state index in [1.165, 1.54) is 53.0 Å². The molecule has 2 aliphatic heterocycles. The fourth-order valence-electron chi connectivity index (χ4n) is 5.61. The Morgan fingerprint density at radius 1 is 1.19 bits per heavy atom. The van der Waals surface area contributed by atoms with Crippen molar-refractivity contribution in [3.63, 3.8) is 0 Å². The van der Waals surface area contributed by atoms with Gasteiger partial charge in [0, 0.05) is 34.5 Å². The van der Waals surface area contributed by atoms with Gasteiger partial charge in [0.2, 0.25) is 5.91 Å². The summed E-state index contributed by atoms with van der Waals surface area (Å²) in [6, 6.07) is 6.93. The number of fused-ring (bicyclic) bond motifs is 2. The van der Waals surface area contributed by atoms with Crippen molar-refractivity contribution in [2.45, 2.75) is 65.3 Å². The number of piperidine rings is 1. The number of benzene rings is 1. The van der Waals surface area contributed by atoms with Gasteiger partial charge < -0.3 is 9.80 Å². The van der Waals surface area contributed by atoms with Crippen LogP contribution >= 0.6 is 22.7 Å². The standard InChI is InChI=1S/C27H34N2OS2/c1-4-21-23-9-14-29(19(3)30)16-27(23)32-25(21)10-13-28-11-7-20(8-12-28)24-17-31-26-15-18(2)5-6-22(24)26/h5-6,15,17,20H,4,7-14,16H2,1-3H3. The molecule has 0 bridgehead atoms. The van der Waals surface area contributed by atoms with Crippen LogP contribution < -0.4 is 0 Å². The van der Waals surface area contributed by atoms with Crippen LogP contribution in [0.5, 0.6) is 0 Å². The number of nitrogens with zero attached hydrogens (tertiary/aromatic N) is 2. The summed E-state index contributed by atoms with van der Waals surface area (Å²) in [6.07, 6.45) is 5.86. The van der Waals surface area contributed by atoms with E-state index in [1.807, 2.05) is 27.6 Å². The van der Waals surface area contributed by atoms with E-state index >= 15 is 0 Å². The monoisotopic (exact) mass is 466 g/mol. The Balaban J connectivity index is 1.20. The number of likely N-dealkylation sites (tertiary alicyclic amines) is 1. The van der Waals surface area contributed by atoms with E-state index in [0.717, 1.165) is 32.4 Å². The zero-order valence-electron chi connectivity index (χ0n) is 19.6. The van der Waals surface area contributed by atoms with Crippen LogP contribution in [0.15, 0.2) is 23.6 Å². The summed E-state index contributed by atoms with van der Waals surface area (Å²) < 4.78 is 1.44. The average Bonchev–Trinajstić information content (AvgIpc) is 3.37. The molecular weight excluding hydrogens is 432 g/mol. The number of hydrogen-bond acceptors (Lipinski definition) is 4. The summed E-state index contributed by atoms with van der Waals surface area (Å²) in [6.45, 7) is 11.5. The molecule has 0 spiro atoms. The van der Waals surface area contributed by atoms with E-state index < -0.39 is 0 Å². The zero-order chi connectivity index (χ0) is 22.2. The third kappa shape index (κ3) is 4.27. The largest absolute Gasteiger partial charge is 0.337 e. The van der Waals surface area contributed by atoms with Crippen molar-refractivity contribution in [3.8, 4) is 0 Å². The van der Waals surface area contributed by atoms with Crippen LogP contribution in [0.2, 0.25) is 0 Å². The predicted octanol–water partition coefficient (Wildman–Crippen LogP) is 6.16. The number of carbonyl (C=O) groups is 1. The third-order valence-electron chi connectivity index (χ3n) is 7.49. The predicted molar refractivity (Wildman–Crippen MR) is 137 cm³/mol. The summed E-state index contributed by atoms with van der Waals surface area (Å²) in [4.78, 5) is 19.5. The molecule has 2 aliphatic rings. The van der Waals surface area contributed by atoms with Crippen molar-refractivity contribution in [1.29, 1.82) is 0 Å². The highest BCUT2D eigenvalue weighted by Gasteiger charge is 2.26. The molecule has 0 atom stereocenters. The first kappa shape index (κ1) is 22.1. The summed E-state index contributed by atoms with van der Waals surface area (Å²) in [5.74, 6) is 0.917. The Hall–Kier alpha value is -1.69. The molecule has 0 radical (unpaired) electrons. The van der Waals surface area contributed by atoms with Gasteiger partial charge in [-0.25, -0.2) is 0 Å². The molecule has 5 rings (SSSR count). The minimum absolute atomic E-state index is 0.208. The summed E-state index contributed by atoms with van der Waals surface area (Å²) >= 11 is 3.89. The third-order valence-corrected chi connectivity index (χ3v) is 9.77. The number of hydrogen-bond donors (Lipinski definition) is 0. The van der Waals surface area contributed by atoms with Gasteiger partial charge in [-0.2, -0.15) is 0 Å². The first-order valence-corrected chi connectivity index (χ1v) is 13.8. The van der Waals surface area contributed by atoms with Gasteiger partial charge in [0.1, 0.15) is 0 Å². The molecular formula is C27H34N2OS2. The molecule has 1 aromatic carbocycles. The molecule has 1 amide bonds. The molecule has 0 aliphatic carbocycles. The zero-order valence-corrected chi connectivity index (χ0v) is 21.2. The van der Waals surface area contributed by atoms with Gasteiger partial charge >= 0.3 is 0 Å². The smallest absolute Gasteiger partial charge is 0.219 e. The highest BCUT2D eigenvalue weighted by Crippen LogP contribution is 2.38. The van der Waals surface area contributed by atoms with Gasteiger partial charge in [-0.05, 0) is 97.1 Å². The fourth-order valence-corrected chi connectivity index (χ4v) is 8.20. The maximum absolute atomic E-state index is 11.8. The number of carbonyl (C=O) groups excluding carboxylic acids is 1. The van der Waals surface area contributed by atoms with Gasteiger partial charge in [0.25, 0.3) is 0 Å². The minimum atomic E-state index is 0.208. The van der Waals surface area contributed by atoms with E-state index in [0.29, 0.717) is 5.92 Å². The minimum Gasteiger partial charge on any atom is -0.337 e. The molecule has 0 saturated carbocycles. The van der Waals surface area contributed by atoms with E-state index in [2.05, 4.69) is 42.3 Å². The first-order chi connectivity index (χ1) is 15.5. The van der Waals surface area contributed by atoms with E-state index in [-0.39, 0.29) is 5.91 Å².